The number of aliphatic hydroxyl groups is 1. The van der Waals surface area contributed by atoms with E-state index in [1.54, 1.807) is 4.90 Å². The number of hydrogen-bond acceptors (Lipinski definition) is 3. The first kappa shape index (κ1) is 12.4. The molecule has 0 radical (unpaired) electrons. The van der Waals surface area contributed by atoms with Crippen LogP contribution in [0.4, 0.5) is 0 Å². The van der Waals surface area contributed by atoms with Crippen molar-refractivity contribution in [1.29, 1.82) is 0 Å². The van der Waals surface area contributed by atoms with Gasteiger partial charge in [-0.2, -0.15) is 0 Å². The quantitative estimate of drug-likeness (QED) is 0.736. The predicted octanol–water partition coefficient (Wildman–Crippen LogP) is 0.471. The molecule has 0 bridgehead atoms. The van der Waals surface area contributed by atoms with E-state index in [1.807, 2.05) is 0 Å². The molecule has 1 saturated heterocycles. The Balaban J connectivity index is 2.01. The van der Waals surface area contributed by atoms with Gasteiger partial charge in [0.25, 0.3) is 0 Å². The smallest absolute Gasteiger partial charge is 0.307 e. The third-order valence-corrected chi connectivity index (χ3v) is 3.86. The highest BCUT2D eigenvalue weighted by Crippen LogP contribution is 2.33. The molecule has 0 aromatic heterocycles. The first-order valence-corrected chi connectivity index (χ1v) is 6.29. The van der Waals surface area contributed by atoms with Crippen LogP contribution in [0.15, 0.2) is 0 Å². The zero-order valence-corrected chi connectivity index (χ0v) is 9.84. The molecule has 0 unspecified atom stereocenters. The highest BCUT2D eigenvalue weighted by molar-refractivity contribution is 5.85. The second-order valence-corrected chi connectivity index (χ2v) is 5.06. The van der Waals surface area contributed by atoms with Crippen LogP contribution in [0.5, 0.6) is 0 Å². The minimum absolute atomic E-state index is 0.0753. The summed E-state index contributed by atoms with van der Waals surface area (Å²) in [5.41, 5.74) is 0. The number of piperidine rings is 1. The Kier molecular flexibility index (Phi) is 3.66. The fourth-order valence-corrected chi connectivity index (χ4v) is 2.94. The van der Waals surface area contributed by atoms with Crippen LogP contribution in [-0.4, -0.2) is 46.2 Å². The minimum Gasteiger partial charge on any atom is -0.481 e. The van der Waals surface area contributed by atoms with Gasteiger partial charge in [0.15, 0.2) is 0 Å². The van der Waals surface area contributed by atoms with Crippen molar-refractivity contribution in [2.45, 2.75) is 38.2 Å². The molecule has 2 aliphatic rings. The number of aliphatic carboxylic acids is 1. The summed E-state index contributed by atoms with van der Waals surface area (Å²) in [6, 6.07) is 0. The van der Waals surface area contributed by atoms with Crippen LogP contribution >= 0.6 is 0 Å². The van der Waals surface area contributed by atoms with Crippen molar-refractivity contribution in [1.82, 2.24) is 4.90 Å². The topological polar surface area (TPSA) is 77.8 Å². The van der Waals surface area contributed by atoms with Crippen molar-refractivity contribution in [3.8, 4) is 0 Å². The van der Waals surface area contributed by atoms with Crippen LogP contribution in [0, 0.1) is 11.8 Å². The van der Waals surface area contributed by atoms with E-state index in [0.717, 1.165) is 19.3 Å². The Hall–Kier alpha value is -1.10. The Morgan fingerprint density at radius 2 is 1.76 bits per heavy atom. The Morgan fingerprint density at radius 3 is 2.41 bits per heavy atom. The van der Waals surface area contributed by atoms with E-state index in [4.69, 9.17) is 5.11 Å². The lowest BCUT2D eigenvalue weighted by atomic mass is 9.93. The number of carboxylic acid groups (broad SMARTS) is 1. The molecule has 2 fully saturated rings. The summed E-state index contributed by atoms with van der Waals surface area (Å²) >= 11 is 0. The summed E-state index contributed by atoms with van der Waals surface area (Å²) in [7, 11) is 0. The molecular formula is C12H19NO4. The molecule has 0 spiro atoms. The molecule has 1 amide bonds. The third kappa shape index (κ3) is 2.60. The third-order valence-electron chi connectivity index (χ3n) is 3.86. The molecule has 17 heavy (non-hydrogen) atoms. The number of rotatable bonds is 2. The molecule has 0 aromatic carbocycles. The summed E-state index contributed by atoms with van der Waals surface area (Å²) in [4.78, 5) is 24.9. The fraction of sp³-hybridized carbons (Fsp3) is 0.833. The number of amides is 1. The monoisotopic (exact) mass is 241 g/mol. The summed E-state index contributed by atoms with van der Waals surface area (Å²) in [6.07, 6.45) is 3.17. The standard InChI is InChI=1S/C12H19NO4/c14-8-3-2-6-13(7-8)11(15)9-4-1-5-10(9)12(16)17/h8-10,14H,1-7H2,(H,16,17)/t8-,9+,10-/m0/s1. The highest BCUT2D eigenvalue weighted by atomic mass is 16.4. The zero-order chi connectivity index (χ0) is 12.4. The van der Waals surface area contributed by atoms with Gasteiger partial charge in [0.2, 0.25) is 5.91 Å². The molecule has 1 heterocycles. The average Bonchev–Trinajstić information content (AvgIpc) is 2.77. The maximum atomic E-state index is 12.2. The minimum atomic E-state index is -0.863. The number of likely N-dealkylation sites (tertiary alicyclic amines) is 1. The average molecular weight is 241 g/mol. The van der Waals surface area contributed by atoms with Crippen molar-refractivity contribution >= 4 is 11.9 Å². The van der Waals surface area contributed by atoms with Crippen LogP contribution in [0.3, 0.4) is 0 Å². The van der Waals surface area contributed by atoms with E-state index >= 15 is 0 Å². The highest BCUT2D eigenvalue weighted by Gasteiger charge is 2.40. The van der Waals surface area contributed by atoms with E-state index in [0.29, 0.717) is 25.9 Å². The summed E-state index contributed by atoms with van der Waals surface area (Å²) in [5.74, 6) is -1.84. The summed E-state index contributed by atoms with van der Waals surface area (Å²) < 4.78 is 0. The summed E-state index contributed by atoms with van der Waals surface area (Å²) in [6.45, 7) is 1.01. The van der Waals surface area contributed by atoms with E-state index in [-0.39, 0.29) is 11.8 Å². The van der Waals surface area contributed by atoms with Gasteiger partial charge in [0.05, 0.1) is 17.9 Å². The van der Waals surface area contributed by atoms with Gasteiger partial charge in [0.1, 0.15) is 0 Å². The lowest BCUT2D eigenvalue weighted by molar-refractivity contribution is -0.150. The van der Waals surface area contributed by atoms with E-state index < -0.39 is 18.0 Å². The first-order chi connectivity index (χ1) is 8.09. The maximum Gasteiger partial charge on any atom is 0.307 e. The normalized spacial score (nSPS) is 33.7. The fourth-order valence-electron chi connectivity index (χ4n) is 2.94. The van der Waals surface area contributed by atoms with Gasteiger partial charge in [-0.3, -0.25) is 9.59 Å². The molecular weight excluding hydrogens is 222 g/mol. The number of carbonyl (C=O) groups excluding carboxylic acids is 1. The number of carbonyl (C=O) groups is 2. The molecule has 3 atom stereocenters. The number of β-amino-alcohol motifs (C(OH)–C–C–N with tert-alkyl or cyclic N) is 1. The van der Waals surface area contributed by atoms with E-state index in [2.05, 4.69) is 0 Å². The Bertz CT molecular complexity index is 318. The molecule has 96 valence electrons. The lowest BCUT2D eigenvalue weighted by Gasteiger charge is -2.32. The Labute approximate surface area is 100 Å². The van der Waals surface area contributed by atoms with Gasteiger partial charge in [-0.15, -0.1) is 0 Å². The molecule has 5 heteroatoms. The SMILES string of the molecule is O=C(O)[C@H]1CCC[C@H]1C(=O)N1CCC[C@H](O)C1. The number of hydrogen-bond donors (Lipinski definition) is 2. The molecule has 2 N–H and O–H groups in total. The van der Waals surface area contributed by atoms with Crippen LogP contribution in [0.2, 0.25) is 0 Å². The van der Waals surface area contributed by atoms with Crippen LogP contribution in [0.1, 0.15) is 32.1 Å². The number of aliphatic hydroxyl groups excluding tert-OH is 1. The second-order valence-electron chi connectivity index (χ2n) is 5.06. The lowest BCUT2D eigenvalue weighted by Crippen LogP contribution is -2.46. The second kappa shape index (κ2) is 5.04. The van der Waals surface area contributed by atoms with Crippen molar-refractivity contribution in [2.24, 2.45) is 11.8 Å². The van der Waals surface area contributed by atoms with Gasteiger partial charge in [0, 0.05) is 13.1 Å². The van der Waals surface area contributed by atoms with Crippen LogP contribution in [0.25, 0.3) is 0 Å². The van der Waals surface area contributed by atoms with E-state index in [9.17, 15) is 14.7 Å². The molecule has 0 aromatic rings. The van der Waals surface area contributed by atoms with Crippen LogP contribution < -0.4 is 0 Å². The first-order valence-electron chi connectivity index (χ1n) is 6.29. The largest absolute Gasteiger partial charge is 0.481 e. The predicted molar refractivity (Wildman–Crippen MR) is 60.3 cm³/mol. The van der Waals surface area contributed by atoms with Gasteiger partial charge < -0.3 is 15.1 Å². The maximum absolute atomic E-state index is 12.2. The van der Waals surface area contributed by atoms with Crippen molar-refractivity contribution in [2.75, 3.05) is 13.1 Å². The van der Waals surface area contributed by atoms with Crippen molar-refractivity contribution < 1.29 is 19.8 Å². The van der Waals surface area contributed by atoms with Crippen LogP contribution in [-0.2, 0) is 9.59 Å². The molecule has 5 nitrogen and oxygen atoms in total. The van der Waals surface area contributed by atoms with Crippen molar-refractivity contribution in [3.63, 3.8) is 0 Å². The van der Waals surface area contributed by atoms with E-state index in [1.165, 1.54) is 0 Å². The van der Waals surface area contributed by atoms with Gasteiger partial charge >= 0.3 is 5.97 Å². The van der Waals surface area contributed by atoms with Gasteiger partial charge in [-0.05, 0) is 25.7 Å². The molecule has 1 aliphatic carbocycles. The molecule has 2 rings (SSSR count). The number of carboxylic acids is 1. The molecule has 1 aliphatic heterocycles. The zero-order valence-electron chi connectivity index (χ0n) is 9.84. The van der Waals surface area contributed by atoms with Gasteiger partial charge in [-0.1, -0.05) is 6.42 Å². The number of nitrogens with zero attached hydrogens (tertiary/aromatic N) is 1. The molecule has 1 saturated carbocycles. The summed E-state index contributed by atoms with van der Waals surface area (Å²) in [5, 5.41) is 18.6. The van der Waals surface area contributed by atoms with Gasteiger partial charge in [-0.25, -0.2) is 0 Å². The Morgan fingerprint density at radius 1 is 1.06 bits per heavy atom. The van der Waals surface area contributed by atoms with Crippen molar-refractivity contribution in [3.05, 3.63) is 0 Å².